The van der Waals surface area contributed by atoms with Gasteiger partial charge in [-0.3, -0.25) is 4.90 Å². The zero-order valence-corrected chi connectivity index (χ0v) is 11.8. The van der Waals surface area contributed by atoms with E-state index >= 15 is 0 Å². The largest absolute Gasteiger partial charge is 0.401 e. The maximum absolute atomic E-state index is 12.5. The molecule has 0 aromatic carbocycles. The van der Waals surface area contributed by atoms with Crippen LogP contribution in [0.5, 0.6) is 0 Å². The number of hydrogen-bond donors (Lipinski definition) is 1. The third-order valence-corrected chi connectivity index (χ3v) is 3.07. The number of alkyl halides is 3. The number of rotatable bonds is 7. The molecule has 0 atom stereocenters. The quantitative estimate of drug-likeness (QED) is 0.762. The molecule has 0 aliphatic heterocycles. The Hall–Kier alpha value is -0.290. The van der Waals surface area contributed by atoms with E-state index < -0.39 is 12.7 Å². The Balaban J connectivity index is 2.49. The Kier molecular flexibility index (Phi) is 5.06. The van der Waals surface area contributed by atoms with Crippen LogP contribution in [0.1, 0.15) is 40.5 Å². The lowest BCUT2D eigenvalue weighted by atomic mass is 9.92. The van der Waals surface area contributed by atoms with E-state index in [1.807, 2.05) is 27.7 Å². The van der Waals surface area contributed by atoms with Gasteiger partial charge in [0.25, 0.3) is 0 Å². The average Bonchev–Trinajstić information content (AvgIpc) is 2.94. The van der Waals surface area contributed by atoms with Crippen molar-refractivity contribution in [2.75, 3.05) is 19.6 Å². The van der Waals surface area contributed by atoms with Crippen molar-refractivity contribution in [1.29, 1.82) is 0 Å². The van der Waals surface area contributed by atoms with E-state index in [9.17, 15) is 13.2 Å². The van der Waals surface area contributed by atoms with Crippen LogP contribution in [0.3, 0.4) is 0 Å². The molecule has 0 heterocycles. The van der Waals surface area contributed by atoms with Gasteiger partial charge in [0.1, 0.15) is 0 Å². The summed E-state index contributed by atoms with van der Waals surface area (Å²) in [6.45, 7) is 8.60. The Labute approximate surface area is 108 Å². The first-order valence-corrected chi connectivity index (χ1v) is 6.63. The highest BCUT2D eigenvalue weighted by Crippen LogP contribution is 2.32. The van der Waals surface area contributed by atoms with Crippen molar-refractivity contribution in [3.05, 3.63) is 0 Å². The molecule has 1 saturated carbocycles. The molecule has 1 rings (SSSR count). The average molecular weight is 266 g/mol. The molecule has 108 valence electrons. The summed E-state index contributed by atoms with van der Waals surface area (Å²) in [5.74, 6) is 0. The topological polar surface area (TPSA) is 15.3 Å². The molecule has 1 fully saturated rings. The van der Waals surface area contributed by atoms with E-state index in [1.165, 1.54) is 0 Å². The van der Waals surface area contributed by atoms with Crippen LogP contribution in [-0.4, -0.2) is 42.8 Å². The lowest BCUT2D eigenvalue weighted by molar-refractivity contribution is -0.149. The monoisotopic (exact) mass is 266 g/mol. The second-order valence-corrected chi connectivity index (χ2v) is 6.45. The molecule has 0 saturated heterocycles. The fourth-order valence-electron chi connectivity index (χ4n) is 2.07. The maximum atomic E-state index is 12.5. The van der Waals surface area contributed by atoms with E-state index in [2.05, 4.69) is 5.32 Å². The van der Waals surface area contributed by atoms with Gasteiger partial charge in [-0.05, 0) is 18.3 Å². The molecular weight excluding hydrogens is 241 g/mol. The van der Waals surface area contributed by atoms with Gasteiger partial charge >= 0.3 is 6.18 Å². The van der Waals surface area contributed by atoms with Gasteiger partial charge in [-0.25, -0.2) is 0 Å². The molecule has 0 radical (unpaired) electrons. The second-order valence-electron chi connectivity index (χ2n) is 6.45. The fourth-order valence-corrected chi connectivity index (χ4v) is 2.07. The van der Waals surface area contributed by atoms with Crippen molar-refractivity contribution in [3.8, 4) is 0 Å². The molecule has 2 nitrogen and oxygen atoms in total. The number of hydrogen-bond acceptors (Lipinski definition) is 2. The molecule has 0 unspecified atom stereocenters. The van der Waals surface area contributed by atoms with Crippen LogP contribution in [0.2, 0.25) is 0 Å². The van der Waals surface area contributed by atoms with Crippen LogP contribution in [-0.2, 0) is 0 Å². The summed E-state index contributed by atoms with van der Waals surface area (Å²) in [6.07, 6.45) is -2.28. The third-order valence-electron chi connectivity index (χ3n) is 3.07. The van der Waals surface area contributed by atoms with Crippen molar-refractivity contribution in [1.82, 2.24) is 10.2 Å². The first-order chi connectivity index (χ1) is 8.09. The molecule has 1 N–H and O–H groups in total. The van der Waals surface area contributed by atoms with Crippen molar-refractivity contribution >= 4 is 0 Å². The van der Waals surface area contributed by atoms with E-state index in [-0.39, 0.29) is 11.5 Å². The highest BCUT2D eigenvalue weighted by atomic mass is 19.4. The lowest BCUT2D eigenvalue weighted by Gasteiger charge is -2.34. The minimum absolute atomic E-state index is 0.141. The summed E-state index contributed by atoms with van der Waals surface area (Å²) in [6, 6.07) is 0.506. The summed E-state index contributed by atoms with van der Waals surface area (Å²) in [5, 5.41) is 3.31. The van der Waals surface area contributed by atoms with Gasteiger partial charge in [0, 0.05) is 25.2 Å². The lowest BCUT2D eigenvalue weighted by Crippen LogP contribution is -2.46. The summed E-state index contributed by atoms with van der Waals surface area (Å²) >= 11 is 0. The molecule has 5 heteroatoms. The van der Waals surface area contributed by atoms with Gasteiger partial charge in [-0.1, -0.05) is 27.7 Å². The van der Waals surface area contributed by atoms with E-state index in [0.717, 1.165) is 19.4 Å². The number of halogens is 3. The predicted molar refractivity (Wildman–Crippen MR) is 67.6 cm³/mol. The second kappa shape index (κ2) is 5.78. The first-order valence-electron chi connectivity index (χ1n) is 6.63. The van der Waals surface area contributed by atoms with Crippen molar-refractivity contribution in [2.24, 2.45) is 5.41 Å². The van der Waals surface area contributed by atoms with Gasteiger partial charge < -0.3 is 5.32 Å². The van der Waals surface area contributed by atoms with Gasteiger partial charge in [0.05, 0.1) is 6.54 Å². The molecule has 0 aromatic rings. The molecule has 1 aliphatic rings. The molecule has 0 spiro atoms. The zero-order valence-electron chi connectivity index (χ0n) is 11.8. The Morgan fingerprint density at radius 1 is 1.17 bits per heavy atom. The highest BCUT2D eigenvalue weighted by molar-refractivity contribution is 4.89. The van der Waals surface area contributed by atoms with Crippen molar-refractivity contribution < 1.29 is 13.2 Å². The van der Waals surface area contributed by atoms with Crippen LogP contribution in [0.25, 0.3) is 0 Å². The highest BCUT2D eigenvalue weighted by Gasteiger charge is 2.40. The molecule has 18 heavy (non-hydrogen) atoms. The van der Waals surface area contributed by atoms with Gasteiger partial charge in [0.15, 0.2) is 0 Å². The SMILES string of the molecule is CC(C)NCC(C)(C)CN(CC(F)(F)F)C1CC1. The van der Waals surface area contributed by atoms with E-state index in [0.29, 0.717) is 12.6 Å². The first kappa shape index (κ1) is 15.8. The summed E-state index contributed by atoms with van der Waals surface area (Å²) < 4.78 is 37.6. The Bertz CT molecular complexity index is 257. The van der Waals surface area contributed by atoms with Gasteiger partial charge in [-0.2, -0.15) is 13.2 Å². The van der Waals surface area contributed by atoms with Gasteiger partial charge in [0.2, 0.25) is 0 Å². The van der Waals surface area contributed by atoms with Crippen LogP contribution < -0.4 is 5.32 Å². The van der Waals surface area contributed by atoms with E-state index in [1.54, 1.807) is 4.90 Å². The third kappa shape index (κ3) is 6.59. The van der Waals surface area contributed by atoms with Crippen molar-refractivity contribution in [2.45, 2.75) is 58.8 Å². The van der Waals surface area contributed by atoms with Crippen molar-refractivity contribution in [3.63, 3.8) is 0 Å². The maximum Gasteiger partial charge on any atom is 0.401 e. The minimum atomic E-state index is -4.09. The Morgan fingerprint density at radius 3 is 2.11 bits per heavy atom. The molecule has 0 aromatic heterocycles. The number of nitrogens with one attached hydrogen (secondary N) is 1. The fraction of sp³-hybridized carbons (Fsp3) is 1.00. The summed E-state index contributed by atoms with van der Waals surface area (Å²) in [5.41, 5.74) is -0.141. The standard InChI is InChI=1S/C13H25F3N2/c1-10(2)17-7-12(3,4)8-18(11-5-6-11)9-13(14,15)16/h10-11,17H,5-9H2,1-4H3. The minimum Gasteiger partial charge on any atom is -0.314 e. The van der Waals surface area contributed by atoms with Crippen LogP contribution >= 0.6 is 0 Å². The Morgan fingerprint density at radius 2 is 1.72 bits per heavy atom. The molecule has 1 aliphatic carbocycles. The molecule has 0 amide bonds. The normalized spacial score (nSPS) is 17.8. The number of nitrogens with zero attached hydrogens (tertiary/aromatic N) is 1. The van der Waals surface area contributed by atoms with Crippen LogP contribution in [0.4, 0.5) is 13.2 Å². The smallest absolute Gasteiger partial charge is 0.314 e. The molecular formula is C13H25F3N2. The van der Waals surface area contributed by atoms with Crippen LogP contribution in [0, 0.1) is 5.41 Å². The zero-order chi connectivity index (χ0) is 14.0. The van der Waals surface area contributed by atoms with Gasteiger partial charge in [-0.15, -0.1) is 0 Å². The van der Waals surface area contributed by atoms with Crippen LogP contribution in [0.15, 0.2) is 0 Å². The summed E-state index contributed by atoms with van der Waals surface area (Å²) in [4.78, 5) is 1.60. The van der Waals surface area contributed by atoms with E-state index in [4.69, 9.17) is 0 Å². The summed E-state index contributed by atoms with van der Waals surface area (Å²) in [7, 11) is 0. The molecule has 0 bridgehead atoms. The predicted octanol–water partition coefficient (Wildman–Crippen LogP) is 3.04.